The molecule has 0 atom stereocenters. The van der Waals surface area contributed by atoms with Gasteiger partial charge in [-0.3, -0.25) is 4.98 Å². The molecule has 0 aliphatic carbocycles. The van der Waals surface area contributed by atoms with Gasteiger partial charge in [-0.05, 0) is 48.1 Å². The Balaban J connectivity index is 1.72. The topological polar surface area (TPSA) is 24.9 Å². The molecule has 2 nitrogen and oxygen atoms in total. The molecule has 16 heavy (non-hydrogen) atoms. The average molecular weight is 232 g/mol. The van der Waals surface area contributed by atoms with E-state index in [0.29, 0.717) is 0 Å². The number of aromatic nitrogens is 1. The van der Waals surface area contributed by atoms with E-state index in [2.05, 4.69) is 28.7 Å². The second-order valence-corrected chi connectivity index (χ2v) is 4.81. The standard InChI is InChI=1S/C13H16N2S/c1-11-5-9-16-13(11)4-8-15-10-12-2-6-14-7-3-12/h2-3,5-7,9,15H,4,8,10H2,1H3. The number of hydrogen-bond acceptors (Lipinski definition) is 3. The summed E-state index contributed by atoms with van der Waals surface area (Å²) in [6, 6.07) is 6.27. The second-order valence-electron chi connectivity index (χ2n) is 3.81. The fourth-order valence-electron chi connectivity index (χ4n) is 1.60. The quantitative estimate of drug-likeness (QED) is 0.802. The Bertz CT molecular complexity index is 423. The molecule has 0 aliphatic rings. The number of aryl methyl sites for hydroxylation is 1. The molecule has 0 aliphatic heterocycles. The second kappa shape index (κ2) is 5.77. The lowest BCUT2D eigenvalue weighted by atomic mass is 10.2. The third-order valence-electron chi connectivity index (χ3n) is 2.58. The average Bonchev–Trinajstić information content (AvgIpc) is 2.72. The van der Waals surface area contributed by atoms with Crippen molar-refractivity contribution in [1.29, 1.82) is 0 Å². The lowest BCUT2D eigenvalue weighted by Gasteiger charge is -2.04. The van der Waals surface area contributed by atoms with E-state index in [1.165, 1.54) is 16.0 Å². The summed E-state index contributed by atoms with van der Waals surface area (Å²) in [4.78, 5) is 5.49. The largest absolute Gasteiger partial charge is 0.312 e. The number of thiophene rings is 1. The van der Waals surface area contributed by atoms with E-state index in [9.17, 15) is 0 Å². The SMILES string of the molecule is Cc1ccsc1CCNCc1ccncc1. The molecule has 1 N–H and O–H groups in total. The van der Waals surface area contributed by atoms with Crippen LogP contribution < -0.4 is 5.32 Å². The highest BCUT2D eigenvalue weighted by Crippen LogP contribution is 2.15. The number of nitrogens with zero attached hydrogens (tertiary/aromatic N) is 1. The predicted molar refractivity (Wildman–Crippen MR) is 68.7 cm³/mol. The molecule has 2 aromatic rings. The van der Waals surface area contributed by atoms with Gasteiger partial charge < -0.3 is 5.32 Å². The molecular weight excluding hydrogens is 216 g/mol. The molecule has 0 spiro atoms. The molecule has 0 radical (unpaired) electrons. The molecular formula is C13H16N2S. The fourth-order valence-corrected chi connectivity index (χ4v) is 2.51. The van der Waals surface area contributed by atoms with Crippen LogP contribution in [-0.2, 0) is 13.0 Å². The minimum Gasteiger partial charge on any atom is -0.312 e. The zero-order chi connectivity index (χ0) is 11.2. The van der Waals surface area contributed by atoms with Crippen LogP contribution in [0.25, 0.3) is 0 Å². The van der Waals surface area contributed by atoms with E-state index >= 15 is 0 Å². The Morgan fingerprint density at radius 1 is 1.25 bits per heavy atom. The van der Waals surface area contributed by atoms with Crippen molar-refractivity contribution in [2.24, 2.45) is 0 Å². The van der Waals surface area contributed by atoms with Gasteiger partial charge >= 0.3 is 0 Å². The van der Waals surface area contributed by atoms with Gasteiger partial charge in [-0.15, -0.1) is 11.3 Å². The predicted octanol–water partition coefficient (Wildman–Crippen LogP) is 2.78. The highest BCUT2D eigenvalue weighted by Gasteiger charge is 1.98. The Labute approximate surface area is 100 Å². The van der Waals surface area contributed by atoms with E-state index < -0.39 is 0 Å². The molecule has 84 valence electrons. The first-order valence-corrected chi connectivity index (χ1v) is 6.37. The molecule has 0 aromatic carbocycles. The van der Waals surface area contributed by atoms with Gasteiger partial charge in [0.25, 0.3) is 0 Å². The Kier molecular flexibility index (Phi) is 4.08. The first-order valence-electron chi connectivity index (χ1n) is 5.49. The first kappa shape index (κ1) is 11.3. The van der Waals surface area contributed by atoms with E-state index in [1.54, 1.807) is 0 Å². The number of pyridine rings is 1. The summed E-state index contributed by atoms with van der Waals surface area (Å²) in [6.07, 6.45) is 4.79. The van der Waals surface area contributed by atoms with E-state index in [4.69, 9.17) is 0 Å². The monoisotopic (exact) mass is 232 g/mol. The van der Waals surface area contributed by atoms with Crippen molar-refractivity contribution < 1.29 is 0 Å². The summed E-state index contributed by atoms with van der Waals surface area (Å²) in [5.41, 5.74) is 2.70. The van der Waals surface area contributed by atoms with Gasteiger partial charge in [-0.2, -0.15) is 0 Å². The zero-order valence-electron chi connectivity index (χ0n) is 9.44. The molecule has 2 rings (SSSR count). The molecule has 2 aromatic heterocycles. The summed E-state index contributed by atoms with van der Waals surface area (Å²) in [5, 5.41) is 5.61. The van der Waals surface area contributed by atoms with Crippen LogP contribution >= 0.6 is 11.3 Å². The Morgan fingerprint density at radius 3 is 2.75 bits per heavy atom. The normalized spacial score (nSPS) is 10.6. The van der Waals surface area contributed by atoms with Crippen molar-refractivity contribution in [2.75, 3.05) is 6.54 Å². The molecule has 0 fully saturated rings. The van der Waals surface area contributed by atoms with E-state index in [0.717, 1.165) is 19.5 Å². The van der Waals surface area contributed by atoms with Gasteiger partial charge in [-0.25, -0.2) is 0 Å². The van der Waals surface area contributed by atoms with Gasteiger partial charge in [0, 0.05) is 30.4 Å². The highest BCUT2D eigenvalue weighted by atomic mass is 32.1. The molecule has 0 unspecified atom stereocenters. The van der Waals surface area contributed by atoms with Crippen LogP contribution in [0.2, 0.25) is 0 Å². The number of nitrogens with one attached hydrogen (secondary N) is 1. The van der Waals surface area contributed by atoms with Crippen molar-refractivity contribution in [2.45, 2.75) is 19.9 Å². The molecule has 3 heteroatoms. The zero-order valence-corrected chi connectivity index (χ0v) is 10.3. The van der Waals surface area contributed by atoms with Gasteiger partial charge in [0.2, 0.25) is 0 Å². The minimum atomic E-state index is 0.924. The molecule has 2 heterocycles. The maximum absolute atomic E-state index is 4.00. The third-order valence-corrected chi connectivity index (χ3v) is 3.66. The highest BCUT2D eigenvalue weighted by molar-refractivity contribution is 7.10. The summed E-state index contributed by atoms with van der Waals surface area (Å²) in [7, 11) is 0. The molecule has 0 amide bonds. The lowest BCUT2D eigenvalue weighted by molar-refractivity contribution is 0.689. The van der Waals surface area contributed by atoms with Crippen LogP contribution in [-0.4, -0.2) is 11.5 Å². The Morgan fingerprint density at radius 2 is 2.06 bits per heavy atom. The van der Waals surface area contributed by atoms with Crippen LogP contribution in [0, 0.1) is 6.92 Å². The van der Waals surface area contributed by atoms with Gasteiger partial charge in [0.15, 0.2) is 0 Å². The molecule has 0 saturated heterocycles. The lowest BCUT2D eigenvalue weighted by Crippen LogP contribution is -2.16. The Hall–Kier alpha value is -1.19. The summed E-state index contributed by atoms with van der Waals surface area (Å²) < 4.78 is 0. The number of rotatable bonds is 5. The van der Waals surface area contributed by atoms with Crippen LogP contribution in [0.5, 0.6) is 0 Å². The van der Waals surface area contributed by atoms with Crippen LogP contribution in [0.1, 0.15) is 16.0 Å². The van der Waals surface area contributed by atoms with Crippen molar-refractivity contribution in [3.05, 3.63) is 52.0 Å². The third kappa shape index (κ3) is 3.15. The fraction of sp³-hybridized carbons (Fsp3) is 0.308. The van der Waals surface area contributed by atoms with E-state index in [-0.39, 0.29) is 0 Å². The maximum Gasteiger partial charge on any atom is 0.0271 e. The van der Waals surface area contributed by atoms with E-state index in [1.807, 2.05) is 35.9 Å². The smallest absolute Gasteiger partial charge is 0.0271 e. The van der Waals surface area contributed by atoms with Crippen LogP contribution in [0.3, 0.4) is 0 Å². The van der Waals surface area contributed by atoms with Crippen molar-refractivity contribution in [3.8, 4) is 0 Å². The molecule has 0 saturated carbocycles. The van der Waals surface area contributed by atoms with Crippen molar-refractivity contribution in [3.63, 3.8) is 0 Å². The summed E-state index contributed by atoms with van der Waals surface area (Å²) >= 11 is 1.85. The van der Waals surface area contributed by atoms with Crippen molar-refractivity contribution in [1.82, 2.24) is 10.3 Å². The minimum absolute atomic E-state index is 0.924. The van der Waals surface area contributed by atoms with Gasteiger partial charge in [0.1, 0.15) is 0 Å². The number of hydrogen-bond donors (Lipinski definition) is 1. The summed E-state index contributed by atoms with van der Waals surface area (Å²) in [6.45, 7) is 4.13. The van der Waals surface area contributed by atoms with Gasteiger partial charge in [0.05, 0.1) is 0 Å². The first-order chi connectivity index (χ1) is 7.86. The van der Waals surface area contributed by atoms with Crippen LogP contribution in [0.15, 0.2) is 36.0 Å². The molecule has 0 bridgehead atoms. The van der Waals surface area contributed by atoms with Crippen molar-refractivity contribution >= 4 is 11.3 Å². The van der Waals surface area contributed by atoms with Gasteiger partial charge in [-0.1, -0.05) is 0 Å². The summed E-state index contributed by atoms with van der Waals surface area (Å²) in [5.74, 6) is 0. The van der Waals surface area contributed by atoms with Crippen LogP contribution in [0.4, 0.5) is 0 Å². The maximum atomic E-state index is 4.00.